The summed E-state index contributed by atoms with van der Waals surface area (Å²) >= 11 is 0. The first-order chi connectivity index (χ1) is 7.34. The Balaban J connectivity index is 1.90. The molecule has 1 aromatic carbocycles. The zero-order valence-corrected chi connectivity index (χ0v) is 8.82. The average molecular weight is 205 g/mol. The number of hydrogen-bond acceptors (Lipinski definition) is 3. The van der Waals surface area contributed by atoms with Crippen LogP contribution in [0.1, 0.15) is 18.5 Å². The summed E-state index contributed by atoms with van der Waals surface area (Å²) in [5.74, 6) is 2.48. The molecule has 0 aliphatic carbocycles. The SMILES string of the molecule is CC1CNC1c1ccc2c(c1)OCCO2. The highest BCUT2D eigenvalue weighted by Gasteiger charge is 2.28. The largest absolute Gasteiger partial charge is 0.486 e. The standard InChI is InChI=1S/C12H15NO2/c1-8-7-13-12(8)9-2-3-10-11(6-9)15-5-4-14-10/h2-3,6,8,12-13H,4-5,7H2,1H3. The van der Waals surface area contributed by atoms with E-state index in [1.807, 2.05) is 6.07 Å². The smallest absolute Gasteiger partial charge is 0.161 e. The summed E-state index contributed by atoms with van der Waals surface area (Å²) in [7, 11) is 0. The molecular weight excluding hydrogens is 190 g/mol. The first kappa shape index (κ1) is 9.04. The second-order valence-electron chi connectivity index (χ2n) is 4.27. The zero-order valence-electron chi connectivity index (χ0n) is 8.82. The highest BCUT2D eigenvalue weighted by atomic mass is 16.6. The lowest BCUT2D eigenvalue weighted by Gasteiger charge is -2.36. The average Bonchev–Trinajstić information content (AvgIpc) is 2.27. The summed E-state index contributed by atoms with van der Waals surface area (Å²) in [6.45, 7) is 4.69. The second-order valence-corrected chi connectivity index (χ2v) is 4.27. The van der Waals surface area contributed by atoms with Gasteiger partial charge < -0.3 is 14.8 Å². The van der Waals surface area contributed by atoms with Crippen LogP contribution < -0.4 is 14.8 Å². The van der Waals surface area contributed by atoms with Crippen molar-refractivity contribution in [1.82, 2.24) is 5.32 Å². The van der Waals surface area contributed by atoms with Crippen LogP contribution in [0.4, 0.5) is 0 Å². The molecule has 3 rings (SSSR count). The maximum absolute atomic E-state index is 5.57. The Kier molecular flexibility index (Phi) is 2.06. The molecule has 0 aromatic heterocycles. The molecule has 1 saturated heterocycles. The summed E-state index contributed by atoms with van der Waals surface area (Å²) in [5.41, 5.74) is 1.30. The molecule has 1 N–H and O–H groups in total. The van der Waals surface area contributed by atoms with Crippen molar-refractivity contribution in [3.8, 4) is 11.5 Å². The van der Waals surface area contributed by atoms with Crippen LogP contribution in [-0.2, 0) is 0 Å². The second kappa shape index (κ2) is 3.42. The molecule has 1 fully saturated rings. The van der Waals surface area contributed by atoms with E-state index in [9.17, 15) is 0 Å². The number of fused-ring (bicyclic) bond motifs is 1. The van der Waals surface area contributed by atoms with E-state index in [2.05, 4.69) is 24.4 Å². The molecule has 80 valence electrons. The molecule has 3 heteroatoms. The minimum atomic E-state index is 0.487. The van der Waals surface area contributed by atoms with Gasteiger partial charge in [0.25, 0.3) is 0 Å². The van der Waals surface area contributed by atoms with E-state index in [1.54, 1.807) is 0 Å². The quantitative estimate of drug-likeness (QED) is 0.757. The van der Waals surface area contributed by atoms with Gasteiger partial charge in [0.2, 0.25) is 0 Å². The maximum Gasteiger partial charge on any atom is 0.161 e. The summed E-state index contributed by atoms with van der Waals surface area (Å²) in [4.78, 5) is 0. The Labute approximate surface area is 89.4 Å². The molecule has 15 heavy (non-hydrogen) atoms. The minimum absolute atomic E-state index is 0.487. The third kappa shape index (κ3) is 1.47. The van der Waals surface area contributed by atoms with Crippen LogP contribution in [0.5, 0.6) is 11.5 Å². The Morgan fingerprint density at radius 1 is 1.20 bits per heavy atom. The van der Waals surface area contributed by atoms with Crippen LogP contribution in [0.2, 0.25) is 0 Å². The zero-order chi connectivity index (χ0) is 10.3. The molecule has 0 radical (unpaired) electrons. The summed E-state index contributed by atoms with van der Waals surface area (Å²) in [5, 5.41) is 3.42. The van der Waals surface area contributed by atoms with Gasteiger partial charge in [-0.15, -0.1) is 0 Å². The summed E-state index contributed by atoms with van der Waals surface area (Å²) in [6.07, 6.45) is 0. The fourth-order valence-corrected chi connectivity index (χ4v) is 2.17. The van der Waals surface area contributed by atoms with E-state index in [4.69, 9.17) is 9.47 Å². The van der Waals surface area contributed by atoms with E-state index >= 15 is 0 Å². The van der Waals surface area contributed by atoms with Gasteiger partial charge in [0.05, 0.1) is 0 Å². The molecule has 2 aliphatic rings. The summed E-state index contributed by atoms with van der Waals surface area (Å²) < 4.78 is 11.1. The Hall–Kier alpha value is -1.22. The highest BCUT2D eigenvalue weighted by molar-refractivity contribution is 5.45. The van der Waals surface area contributed by atoms with Crippen LogP contribution in [0, 0.1) is 5.92 Å². The van der Waals surface area contributed by atoms with Gasteiger partial charge in [-0.05, 0) is 23.6 Å². The first-order valence-corrected chi connectivity index (χ1v) is 5.47. The van der Waals surface area contributed by atoms with Crippen molar-refractivity contribution in [1.29, 1.82) is 0 Å². The van der Waals surface area contributed by atoms with E-state index in [-0.39, 0.29) is 0 Å². The number of ether oxygens (including phenoxy) is 2. The number of hydrogen-bond donors (Lipinski definition) is 1. The molecule has 2 atom stereocenters. The molecule has 2 aliphatic heterocycles. The van der Waals surface area contributed by atoms with Crippen LogP contribution in [0.3, 0.4) is 0 Å². The fraction of sp³-hybridized carbons (Fsp3) is 0.500. The third-order valence-electron chi connectivity index (χ3n) is 3.15. The van der Waals surface area contributed by atoms with Crippen molar-refractivity contribution in [2.75, 3.05) is 19.8 Å². The van der Waals surface area contributed by atoms with Gasteiger partial charge in [-0.1, -0.05) is 13.0 Å². The van der Waals surface area contributed by atoms with E-state index in [0.29, 0.717) is 25.2 Å². The van der Waals surface area contributed by atoms with Gasteiger partial charge in [-0.3, -0.25) is 0 Å². The number of rotatable bonds is 1. The predicted octanol–water partition coefficient (Wildman–Crippen LogP) is 1.74. The van der Waals surface area contributed by atoms with Crippen LogP contribution in [-0.4, -0.2) is 19.8 Å². The van der Waals surface area contributed by atoms with Gasteiger partial charge >= 0.3 is 0 Å². The van der Waals surface area contributed by atoms with Crippen molar-refractivity contribution in [2.24, 2.45) is 5.92 Å². The Morgan fingerprint density at radius 3 is 2.67 bits per heavy atom. The van der Waals surface area contributed by atoms with E-state index in [0.717, 1.165) is 18.0 Å². The van der Waals surface area contributed by atoms with E-state index < -0.39 is 0 Å². The number of benzene rings is 1. The van der Waals surface area contributed by atoms with Crippen molar-refractivity contribution < 1.29 is 9.47 Å². The lowest BCUT2D eigenvalue weighted by Crippen LogP contribution is -2.43. The predicted molar refractivity (Wildman–Crippen MR) is 57.3 cm³/mol. The monoisotopic (exact) mass is 205 g/mol. The summed E-state index contributed by atoms with van der Waals surface area (Å²) in [6, 6.07) is 6.72. The molecule has 0 spiro atoms. The molecule has 2 heterocycles. The normalized spacial score (nSPS) is 28.3. The topological polar surface area (TPSA) is 30.5 Å². The fourth-order valence-electron chi connectivity index (χ4n) is 2.17. The highest BCUT2D eigenvalue weighted by Crippen LogP contribution is 2.36. The van der Waals surface area contributed by atoms with Gasteiger partial charge in [0, 0.05) is 12.6 Å². The van der Waals surface area contributed by atoms with Crippen LogP contribution in [0.15, 0.2) is 18.2 Å². The molecule has 0 saturated carbocycles. The molecular formula is C12H15NO2. The number of nitrogens with one attached hydrogen (secondary N) is 1. The third-order valence-corrected chi connectivity index (χ3v) is 3.15. The Bertz CT molecular complexity index is 378. The van der Waals surface area contributed by atoms with Crippen molar-refractivity contribution in [3.63, 3.8) is 0 Å². The van der Waals surface area contributed by atoms with Gasteiger partial charge in [0.15, 0.2) is 11.5 Å². The molecule has 0 amide bonds. The first-order valence-electron chi connectivity index (χ1n) is 5.47. The molecule has 1 aromatic rings. The van der Waals surface area contributed by atoms with Gasteiger partial charge in [-0.2, -0.15) is 0 Å². The molecule has 3 nitrogen and oxygen atoms in total. The van der Waals surface area contributed by atoms with Crippen LogP contribution >= 0.6 is 0 Å². The Morgan fingerprint density at radius 2 is 2.00 bits per heavy atom. The lowest BCUT2D eigenvalue weighted by molar-refractivity contribution is 0.170. The van der Waals surface area contributed by atoms with Crippen LogP contribution in [0.25, 0.3) is 0 Å². The molecule has 2 unspecified atom stereocenters. The van der Waals surface area contributed by atoms with Crippen molar-refractivity contribution in [2.45, 2.75) is 13.0 Å². The van der Waals surface area contributed by atoms with Gasteiger partial charge in [0.1, 0.15) is 13.2 Å². The van der Waals surface area contributed by atoms with Gasteiger partial charge in [-0.25, -0.2) is 0 Å². The van der Waals surface area contributed by atoms with Crippen molar-refractivity contribution in [3.05, 3.63) is 23.8 Å². The maximum atomic E-state index is 5.57. The molecule has 0 bridgehead atoms. The van der Waals surface area contributed by atoms with E-state index in [1.165, 1.54) is 5.56 Å². The minimum Gasteiger partial charge on any atom is -0.486 e. The lowest BCUT2D eigenvalue weighted by atomic mass is 9.87. The van der Waals surface area contributed by atoms with Crippen molar-refractivity contribution >= 4 is 0 Å².